The van der Waals surface area contributed by atoms with Gasteiger partial charge in [-0.3, -0.25) is 0 Å². The Morgan fingerprint density at radius 2 is 1.68 bits per heavy atom. The van der Waals surface area contributed by atoms with Crippen molar-refractivity contribution in [2.45, 2.75) is 53.9 Å². The highest BCUT2D eigenvalue weighted by Gasteiger charge is 2.18. The second-order valence-corrected chi connectivity index (χ2v) is 7.57. The van der Waals surface area contributed by atoms with E-state index in [0.29, 0.717) is 0 Å². The van der Waals surface area contributed by atoms with Gasteiger partial charge in [-0.05, 0) is 56.8 Å². The van der Waals surface area contributed by atoms with Gasteiger partial charge in [-0.1, -0.05) is 37.5 Å². The van der Waals surface area contributed by atoms with Crippen LogP contribution >= 0.6 is 11.5 Å². The third kappa shape index (κ3) is 3.69. The van der Waals surface area contributed by atoms with E-state index >= 15 is 0 Å². The number of benzene rings is 1. The van der Waals surface area contributed by atoms with E-state index < -0.39 is 0 Å². The van der Waals surface area contributed by atoms with Gasteiger partial charge in [0.2, 0.25) is 0 Å². The Labute approximate surface area is 154 Å². The number of aryl methyl sites for hydroxylation is 4. The van der Waals surface area contributed by atoms with Gasteiger partial charge in [0.05, 0.1) is 11.5 Å². The number of aromatic nitrogens is 2. The summed E-state index contributed by atoms with van der Waals surface area (Å²) in [5.74, 6) is 0.864. The van der Waals surface area contributed by atoms with Crippen molar-refractivity contribution < 1.29 is 4.74 Å². The van der Waals surface area contributed by atoms with Crippen LogP contribution in [0.5, 0.6) is 5.75 Å². The van der Waals surface area contributed by atoms with E-state index in [1.165, 1.54) is 46.6 Å². The van der Waals surface area contributed by atoms with E-state index in [4.69, 9.17) is 14.1 Å². The molecule has 132 valence electrons. The van der Waals surface area contributed by atoms with Gasteiger partial charge >= 0.3 is 0 Å². The fraction of sp³-hybridized carbons (Fsp3) is 0.429. The summed E-state index contributed by atoms with van der Waals surface area (Å²) >= 11 is 1.52. The predicted molar refractivity (Wildman–Crippen MR) is 107 cm³/mol. The summed E-state index contributed by atoms with van der Waals surface area (Å²) in [5.41, 5.74) is 7.92. The summed E-state index contributed by atoms with van der Waals surface area (Å²) in [6.45, 7) is 11.4. The zero-order valence-electron chi connectivity index (χ0n) is 15.8. The third-order valence-corrected chi connectivity index (χ3v) is 5.29. The maximum absolute atomic E-state index is 6.04. The maximum Gasteiger partial charge on any atom is 0.150 e. The molecule has 0 aliphatic carbocycles. The molecule has 3 aromatic rings. The first-order valence-corrected chi connectivity index (χ1v) is 9.76. The topological polar surface area (TPSA) is 35.0 Å². The Morgan fingerprint density at radius 3 is 2.36 bits per heavy atom. The molecule has 0 aliphatic heterocycles. The lowest BCUT2D eigenvalue weighted by Gasteiger charge is -2.10. The molecular weight excluding hydrogens is 328 g/mol. The van der Waals surface area contributed by atoms with Crippen molar-refractivity contribution in [3.63, 3.8) is 0 Å². The molecule has 0 radical (unpaired) electrons. The lowest BCUT2D eigenvalue weighted by Crippen LogP contribution is -1.99. The number of ether oxygens (including phenoxy) is 1. The Kier molecular flexibility index (Phi) is 5.38. The zero-order valence-corrected chi connectivity index (χ0v) is 16.6. The Morgan fingerprint density at radius 1 is 0.960 bits per heavy atom. The van der Waals surface area contributed by atoms with E-state index in [2.05, 4.69) is 39.8 Å². The number of nitrogens with zero attached hydrogens (tertiary/aromatic N) is 2. The monoisotopic (exact) mass is 354 g/mol. The number of unbranched alkanes of at least 4 members (excludes halogenated alkanes) is 2. The molecule has 0 spiro atoms. The minimum atomic E-state index is 0.738. The smallest absolute Gasteiger partial charge is 0.150 e. The van der Waals surface area contributed by atoms with Crippen LogP contribution in [0.2, 0.25) is 0 Å². The molecule has 4 heteroatoms. The summed E-state index contributed by atoms with van der Waals surface area (Å²) in [7, 11) is 0. The summed E-state index contributed by atoms with van der Waals surface area (Å²) in [5, 5.41) is 0. The van der Waals surface area contributed by atoms with Crippen LogP contribution in [-0.4, -0.2) is 16.0 Å². The van der Waals surface area contributed by atoms with Crippen LogP contribution in [0.25, 0.3) is 21.5 Å². The van der Waals surface area contributed by atoms with Gasteiger partial charge in [-0.15, -0.1) is 0 Å². The molecule has 0 aliphatic rings. The standard InChI is InChI=1S/C21H26N2OS/c1-6-7-8-9-24-17-12-16(5)22-20-19(17)23-25-21(20)18-14(3)10-13(2)11-15(18)4/h10-12H,6-9H2,1-5H3. The predicted octanol–water partition coefficient (Wildman–Crippen LogP) is 6.16. The van der Waals surface area contributed by atoms with Gasteiger partial charge in [0.25, 0.3) is 0 Å². The molecule has 0 saturated carbocycles. The summed E-state index contributed by atoms with van der Waals surface area (Å²) in [6.07, 6.45) is 3.46. The van der Waals surface area contributed by atoms with Crippen molar-refractivity contribution in [2.75, 3.05) is 6.61 Å². The molecule has 3 rings (SSSR count). The lowest BCUT2D eigenvalue weighted by atomic mass is 9.98. The first kappa shape index (κ1) is 17.9. The van der Waals surface area contributed by atoms with Crippen molar-refractivity contribution in [2.24, 2.45) is 0 Å². The number of rotatable bonds is 6. The van der Waals surface area contributed by atoms with Crippen molar-refractivity contribution in [3.05, 3.63) is 40.6 Å². The summed E-state index contributed by atoms with van der Waals surface area (Å²) in [6, 6.07) is 6.46. The van der Waals surface area contributed by atoms with Gasteiger partial charge in [0.15, 0.2) is 0 Å². The van der Waals surface area contributed by atoms with Crippen LogP contribution in [0.1, 0.15) is 48.6 Å². The number of pyridine rings is 1. The van der Waals surface area contributed by atoms with Crippen LogP contribution in [0.4, 0.5) is 0 Å². The molecule has 25 heavy (non-hydrogen) atoms. The molecule has 0 atom stereocenters. The van der Waals surface area contributed by atoms with Crippen LogP contribution in [0, 0.1) is 27.7 Å². The quantitative estimate of drug-likeness (QED) is 0.497. The van der Waals surface area contributed by atoms with Gasteiger partial charge in [-0.2, -0.15) is 4.37 Å². The van der Waals surface area contributed by atoms with Crippen molar-refractivity contribution >= 4 is 22.6 Å². The minimum absolute atomic E-state index is 0.738. The molecule has 0 fully saturated rings. The highest BCUT2D eigenvalue weighted by atomic mass is 32.1. The van der Waals surface area contributed by atoms with Crippen molar-refractivity contribution in [1.29, 1.82) is 0 Å². The molecule has 2 heterocycles. The fourth-order valence-corrected chi connectivity index (χ4v) is 4.36. The number of hydrogen-bond donors (Lipinski definition) is 0. The van der Waals surface area contributed by atoms with Gasteiger partial charge in [0, 0.05) is 17.3 Å². The van der Waals surface area contributed by atoms with Gasteiger partial charge in [0.1, 0.15) is 16.8 Å². The van der Waals surface area contributed by atoms with E-state index in [9.17, 15) is 0 Å². The van der Waals surface area contributed by atoms with Gasteiger partial charge < -0.3 is 4.74 Å². The fourth-order valence-electron chi connectivity index (χ4n) is 3.36. The van der Waals surface area contributed by atoms with Crippen LogP contribution < -0.4 is 4.74 Å². The normalized spacial score (nSPS) is 11.2. The number of fused-ring (bicyclic) bond motifs is 1. The van der Waals surface area contributed by atoms with Crippen LogP contribution in [-0.2, 0) is 0 Å². The molecule has 1 aromatic carbocycles. The molecule has 2 aromatic heterocycles. The van der Waals surface area contributed by atoms with Crippen LogP contribution in [0.15, 0.2) is 18.2 Å². The molecule has 3 nitrogen and oxygen atoms in total. The highest BCUT2D eigenvalue weighted by Crippen LogP contribution is 2.39. The van der Waals surface area contributed by atoms with E-state index in [-0.39, 0.29) is 0 Å². The molecule has 0 saturated heterocycles. The second-order valence-electron chi connectivity index (χ2n) is 6.80. The van der Waals surface area contributed by atoms with E-state index in [1.807, 2.05) is 13.0 Å². The summed E-state index contributed by atoms with van der Waals surface area (Å²) in [4.78, 5) is 5.94. The van der Waals surface area contributed by atoms with Crippen molar-refractivity contribution in [3.8, 4) is 16.2 Å². The Hall–Kier alpha value is -1.94. The van der Waals surface area contributed by atoms with Gasteiger partial charge in [-0.25, -0.2) is 4.98 Å². The maximum atomic E-state index is 6.04. The Balaban J connectivity index is 2.06. The minimum Gasteiger partial charge on any atom is -0.491 e. The van der Waals surface area contributed by atoms with E-state index in [0.717, 1.165) is 40.4 Å². The first-order chi connectivity index (χ1) is 12.0. The largest absolute Gasteiger partial charge is 0.491 e. The first-order valence-electron chi connectivity index (χ1n) is 8.99. The third-order valence-electron chi connectivity index (χ3n) is 4.44. The second kappa shape index (κ2) is 7.52. The van der Waals surface area contributed by atoms with E-state index in [1.54, 1.807) is 0 Å². The molecule has 0 bridgehead atoms. The van der Waals surface area contributed by atoms with Crippen LogP contribution in [0.3, 0.4) is 0 Å². The SMILES string of the molecule is CCCCCOc1cc(C)nc2c(-c3c(C)cc(C)cc3C)snc12. The molecule has 0 amide bonds. The summed E-state index contributed by atoms with van der Waals surface area (Å²) < 4.78 is 10.7. The Bertz CT molecular complexity index is 875. The number of hydrogen-bond acceptors (Lipinski definition) is 4. The molecule has 0 unspecified atom stereocenters. The average Bonchev–Trinajstić information content (AvgIpc) is 2.94. The average molecular weight is 355 g/mol. The zero-order chi connectivity index (χ0) is 18.0. The molecule has 0 N–H and O–H groups in total. The lowest BCUT2D eigenvalue weighted by molar-refractivity contribution is 0.309. The molecular formula is C21H26N2OS. The highest BCUT2D eigenvalue weighted by molar-refractivity contribution is 7.11. The van der Waals surface area contributed by atoms with Crippen molar-refractivity contribution in [1.82, 2.24) is 9.36 Å².